The van der Waals surface area contributed by atoms with Gasteiger partial charge in [0.05, 0.1) is 8.59 Å². The maximum absolute atomic E-state index is 11.6. The Morgan fingerprint density at radius 1 is 1.67 bits per heavy atom. The minimum Gasteiger partial charge on any atom is -0.295 e. The zero-order valence-corrected chi connectivity index (χ0v) is 12.1. The first-order valence-corrected chi connectivity index (χ1v) is 6.70. The standard InChI is InChI=1S/C9H7BrClIN2O/c10-5-1-8(15)14(4-5)9-7(12)2-6(11)3-13-9/h2-3,5H,1,4H2. The van der Waals surface area contributed by atoms with E-state index in [2.05, 4.69) is 43.5 Å². The third kappa shape index (κ3) is 2.45. The second kappa shape index (κ2) is 4.55. The third-order valence-corrected chi connectivity index (χ3v) is 3.74. The number of hydrogen-bond acceptors (Lipinski definition) is 2. The van der Waals surface area contributed by atoms with Crippen molar-refractivity contribution >= 4 is 61.8 Å². The first kappa shape index (κ1) is 11.6. The average molecular weight is 401 g/mol. The van der Waals surface area contributed by atoms with Gasteiger partial charge >= 0.3 is 0 Å². The van der Waals surface area contributed by atoms with Crippen LogP contribution in [0.3, 0.4) is 0 Å². The number of carbonyl (C=O) groups excluding carboxylic acids is 1. The molecule has 1 amide bonds. The fraction of sp³-hybridized carbons (Fsp3) is 0.333. The first-order valence-electron chi connectivity index (χ1n) is 4.33. The number of alkyl halides is 1. The molecule has 0 saturated carbocycles. The van der Waals surface area contributed by atoms with Gasteiger partial charge in [-0.2, -0.15) is 0 Å². The van der Waals surface area contributed by atoms with E-state index in [1.807, 2.05) is 0 Å². The zero-order valence-electron chi connectivity index (χ0n) is 7.58. The highest BCUT2D eigenvalue weighted by Crippen LogP contribution is 2.28. The molecule has 1 saturated heterocycles. The van der Waals surface area contributed by atoms with Crippen molar-refractivity contribution in [2.45, 2.75) is 11.2 Å². The van der Waals surface area contributed by atoms with Crippen molar-refractivity contribution in [2.24, 2.45) is 0 Å². The molecule has 3 nitrogen and oxygen atoms in total. The van der Waals surface area contributed by atoms with Crippen LogP contribution in [-0.2, 0) is 4.79 Å². The Morgan fingerprint density at radius 2 is 2.40 bits per heavy atom. The van der Waals surface area contributed by atoms with Crippen LogP contribution in [0.25, 0.3) is 0 Å². The van der Waals surface area contributed by atoms with E-state index in [-0.39, 0.29) is 10.7 Å². The molecule has 0 radical (unpaired) electrons. The molecule has 0 bridgehead atoms. The maximum atomic E-state index is 11.6. The van der Waals surface area contributed by atoms with Crippen LogP contribution in [0.4, 0.5) is 5.82 Å². The van der Waals surface area contributed by atoms with Crippen LogP contribution in [0.1, 0.15) is 6.42 Å². The van der Waals surface area contributed by atoms with Crippen LogP contribution in [-0.4, -0.2) is 22.3 Å². The molecule has 1 aliphatic rings. The Kier molecular flexibility index (Phi) is 3.52. The van der Waals surface area contributed by atoms with E-state index in [0.717, 1.165) is 3.57 Å². The number of nitrogens with zero attached hydrogens (tertiary/aromatic N) is 2. The fourth-order valence-corrected chi connectivity index (χ4v) is 3.15. The largest absolute Gasteiger partial charge is 0.295 e. The Bertz CT molecular complexity index is 415. The van der Waals surface area contributed by atoms with Crippen LogP contribution >= 0.6 is 50.1 Å². The van der Waals surface area contributed by atoms with Crippen molar-refractivity contribution in [3.8, 4) is 0 Å². The maximum Gasteiger partial charge on any atom is 0.229 e. The monoisotopic (exact) mass is 400 g/mol. The molecule has 1 aromatic heterocycles. The van der Waals surface area contributed by atoms with E-state index in [4.69, 9.17) is 11.6 Å². The van der Waals surface area contributed by atoms with E-state index in [1.165, 1.54) is 0 Å². The molecule has 0 spiro atoms. The smallest absolute Gasteiger partial charge is 0.229 e. The molecule has 1 unspecified atom stereocenters. The predicted octanol–water partition coefficient (Wildman–Crippen LogP) is 2.84. The number of halogens is 3. The van der Waals surface area contributed by atoms with Gasteiger partial charge in [0.25, 0.3) is 0 Å². The summed E-state index contributed by atoms with van der Waals surface area (Å²) >= 11 is 11.4. The number of hydrogen-bond donors (Lipinski definition) is 0. The summed E-state index contributed by atoms with van der Waals surface area (Å²) in [6.07, 6.45) is 2.09. The third-order valence-electron chi connectivity index (χ3n) is 2.12. The summed E-state index contributed by atoms with van der Waals surface area (Å²) in [4.78, 5) is 17.7. The highest BCUT2D eigenvalue weighted by Gasteiger charge is 2.30. The average Bonchev–Trinajstić information content (AvgIpc) is 2.45. The van der Waals surface area contributed by atoms with Crippen LogP contribution in [0.15, 0.2) is 12.3 Å². The molecule has 0 N–H and O–H groups in total. The Morgan fingerprint density at radius 3 is 2.93 bits per heavy atom. The molecule has 6 heteroatoms. The highest BCUT2D eigenvalue weighted by molar-refractivity contribution is 14.1. The lowest BCUT2D eigenvalue weighted by atomic mass is 10.4. The molecule has 2 rings (SSSR count). The molecule has 0 aliphatic carbocycles. The van der Waals surface area contributed by atoms with Gasteiger partial charge in [-0.1, -0.05) is 27.5 Å². The molecular weight excluding hydrogens is 394 g/mol. The number of aromatic nitrogens is 1. The van der Waals surface area contributed by atoms with Crippen molar-refractivity contribution in [3.63, 3.8) is 0 Å². The lowest BCUT2D eigenvalue weighted by Gasteiger charge is -2.16. The molecule has 1 fully saturated rings. The minimum atomic E-state index is 0.101. The lowest BCUT2D eigenvalue weighted by Crippen LogP contribution is -2.26. The van der Waals surface area contributed by atoms with Gasteiger partial charge in [-0.3, -0.25) is 9.69 Å². The lowest BCUT2D eigenvalue weighted by molar-refractivity contribution is -0.117. The molecular formula is C9H7BrClIN2O. The van der Waals surface area contributed by atoms with Crippen LogP contribution < -0.4 is 4.90 Å². The van der Waals surface area contributed by atoms with E-state index >= 15 is 0 Å². The number of anilines is 1. The van der Waals surface area contributed by atoms with Crippen molar-refractivity contribution in [2.75, 3.05) is 11.4 Å². The minimum absolute atomic E-state index is 0.101. The summed E-state index contributed by atoms with van der Waals surface area (Å²) in [6.45, 7) is 0.670. The van der Waals surface area contributed by atoms with E-state index in [0.29, 0.717) is 23.8 Å². The van der Waals surface area contributed by atoms with Gasteiger partial charge in [0.1, 0.15) is 5.82 Å². The summed E-state index contributed by atoms with van der Waals surface area (Å²) < 4.78 is 0.898. The van der Waals surface area contributed by atoms with E-state index in [1.54, 1.807) is 17.2 Å². The van der Waals surface area contributed by atoms with Gasteiger partial charge in [0, 0.05) is 24.0 Å². The van der Waals surface area contributed by atoms with Crippen LogP contribution in [0.2, 0.25) is 5.02 Å². The normalized spacial score (nSPS) is 21.1. The summed E-state index contributed by atoms with van der Waals surface area (Å²) in [5.74, 6) is 0.802. The van der Waals surface area contributed by atoms with Crippen molar-refractivity contribution in [1.29, 1.82) is 0 Å². The Hall–Kier alpha value is 0.120. The van der Waals surface area contributed by atoms with Crippen molar-refractivity contribution < 1.29 is 4.79 Å². The highest BCUT2D eigenvalue weighted by atomic mass is 127. The second-order valence-electron chi connectivity index (χ2n) is 3.26. The van der Waals surface area contributed by atoms with Gasteiger partial charge in [-0.15, -0.1) is 0 Å². The summed E-state index contributed by atoms with van der Waals surface area (Å²) in [7, 11) is 0. The van der Waals surface area contributed by atoms with Crippen molar-refractivity contribution in [1.82, 2.24) is 4.98 Å². The molecule has 1 atom stereocenters. The van der Waals surface area contributed by atoms with Gasteiger partial charge in [0.15, 0.2) is 0 Å². The van der Waals surface area contributed by atoms with Gasteiger partial charge in [-0.05, 0) is 28.7 Å². The number of carbonyl (C=O) groups is 1. The molecule has 80 valence electrons. The summed E-state index contributed by atoms with van der Waals surface area (Å²) in [5.41, 5.74) is 0. The van der Waals surface area contributed by atoms with E-state index < -0.39 is 0 Å². The number of pyridine rings is 1. The van der Waals surface area contributed by atoms with Gasteiger partial charge in [0.2, 0.25) is 5.91 Å². The SMILES string of the molecule is O=C1CC(Br)CN1c1ncc(Cl)cc1I. The van der Waals surface area contributed by atoms with Crippen LogP contribution in [0.5, 0.6) is 0 Å². The fourth-order valence-electron chi connectivity index (χ4n) is 1.47. The molecule has 15 heavy (non-hydrogen) atoms. The first-order chi connectivity index (χ1) is 7.08. The molecule has 1 aromatic rings. The zero-order chi connectivity index (χ0) is 11.0. The van der Waals surface area contributed by atoms with Crippen LogP contribution in [0, 0.1) is 3.57 Å². The van der Waals surface area contributed by atoms with Crippen molar-refractivity contribution in [3.05, 3.63) is 20.9 Å². The molecule has 1 aliphatic heterocycles. The Balaban J connectivity index is 2.34. The number of amides is 1. The van der Waals surface area contributed by atoms with E-state index in [9.17, 15) is 4.79 Å². The molecule has 2 heterocycles. The summed E-state index contributed by atoms with van der Waals surface area (Å²) in [6, 6.07) is 1.80. The summed E-state index contributed by atoms with van der Waals surface area (Å²) in [5, 5.41) is 0.588. The predicted molar refractivity (Wildman–Crippen MR) is 71.6 cm³/mol. The van der Waals surface area contributed by atoms with Gasteiger partial charge in [-0.25, -0.2) is 4.98 Å². The van der Waals surface area contributed by atoms with Gasteiger partial charge < -0.3 is 0 Å². The Labute approximate surface area is 114 Å². The topological polar surface area (TPSA) is 33.2 Å². The molecule has 0 aromatic carbocycles. The number of rotatable bonds is 1. The quantitative estimate of drug-likeness (QED) is 0.536. The second-order valence-corrected chi connectivity index (χ2v) is 6.16.